The van der Waals surface area contributed by atoms with Crippen LogP contribution >= 0.6 is 0 Å². The van der Waals surface area contributed by atoms with Gasteiger partial charge in [-0.25, -0.2) is 0 Å². The third-order valence-corrected chi connectivity index (χ3v) is 3.34. The average molecular weight is 225 g/mol. The van der Waals surface area contributed by atoms with Crippen molar-refractivity contribution >= 4 is 11.8 Å². The lowest BCUT2D eigenvalue weighted by Crippen LogP contribution is -2.59. The van der Waals surface area contributed by atoms with Crippen LogP contribution in [-0.4, -0.2) is 47.9 Å². The molecular formula is C11H19N3O2. The standard InChI is InChI=1S/C11H19N3O2/c1-7-6-14(8(2)5-12-7)11(16)9-3-4-10(15)13-9/h7-9,12H,3-6H2,1-2H3,(H,13,15). The number of amides is 2. The largest absolute Gasteiger partial charge is 0.344 e. The second-order valence-corrected chi connectivity index (χ2v) is 4.81. The van der Waals surface area contributed by atoms with Crippen molar-refractivity contribution in [1.82, 2.24) is 15.5 Å². The van der Waals surface area contributed by atoms with Gasteiger partial charge < -0.3 is 15.5 Å². The summed E-state index contributed by atoms with van der Waals surface area (Å²) in [5.74, 6) is 0.0703. The summed E-state index contributed by atoms with van der Waals surface area (Å²) < 4.78 is 0. The highest BCUT2D eigenvalue weighted by Gasteiger charge is 2.34. The van der Waals surface area contributed by atoms with Gasteiger partial charge in [0.25, 0.3) is 0 Å². The van der Waals surface area contributed by atoms with Gasteiger partial charge in [-0.05, 0) is 20.3 Å². The second-order valence-electron chi connectivity index (χ2n) is 4.81. The molecule has 2 saturated heterocycles. The van der Waals surface area contributed by atoms with Crippen molar-refractivity contribution < 1.29 is 9.59 Å². The molecule has 2 heterocycles. The van der Waals surface area contributed by atoms with Crippen LogP contribution < -0.4 is 10.6 Å². The number of nitrogens with zero attached hydrogens (tertiary/aromatic N) is 1. The van der Waals surface area contributed by atoms with Crippen molar-refractivity contribution in [3.05, 3.63) is 0 Å². The van der Waals surface area contributed by atoms with Crippen LogP contribution in [0.2, 0.25) is 0 Å². The van der Waals surface area contributed by atoms with E-state index in [0.29, 0.717) is 18.9 Å². The lowest BCUT2D eigenvalue weighted by Gasteiger charge is -2.38. The lowest BCUT2D eigenvalue weighted by atomic mass is 10.1. The van der Waals surface area contributed by atoms with E-state index < -0.39 is 0 Å². The molecular weight excluding hydrogens is 206 g/mol. The molecule has 3 atom stereocenters. The maximum Gasteiger partial charge on any atom is 0.245 e. The molecule has 2 N–H and O–H groups in total. The van der Waals surface area contributed by atoms with Crippen LogP contribution in [0, 0.1) is 0 Å². The van der Waals surface area contributed by atoms with E-state index in [9.17, 15) is 9.59 Å². The van der Waals surface area contributed by atoms with Crippen molar-refractivity contribution in [1.29, 1.82) is 0 Å². The maximum absolute atomic E-state index is 12.2. The smallest absolute Gasteiger partial charge is 0.245 e. The highest BCUT2D eigenvalue weighted by Crippen LogP contribution is 2.14. The first kappa shape index (κ1) is 11.4. The molecule has 0 aliphatic carbocycles. The normalized spacial score (nSPS) is 35.0. The Kier molecular flexibility index (Phi) is 3.14. The molecule has 2 aliphatic heterocycles. The highest BCUT2D eigenvalue weighted by atomic mass is 16.2. The summed E-state index contributed by atoms with van der Waals surface area (Å²) in [5, 5.41) is 6.07. The predicted octanol–water partition coefficient (Wildman–Crippen LogP) is -0.526. The summed E-state index contributed by atoms with van der Waals surface area (Å²) in [5.41, 5.74) is 0. The zero-order valence-corrected chi connectivity index (χ0v) is 9.82. The Bertz CT molecular complexity index is 306. The van der Waals surface area contributed by atoms with E-state index in [0.717, 1.165) is 13.1 Å². The zero-order chi connectivity index (χ0) is 11.7. The molecule has 0 aromatic rings. The van der Waals surface area contributed by atoms with Crippen molar-refractivity contribution in [2.24, 2.45) is 0 Å². The molecule has 5 nitrogen and oxygen atoms in total. The Balaban J connectivity index is 2.00. The van der Waals surface area contributed by atoms with E-state index in [-0.39, 0.29) is 23.9 Å². The van der Waals surface area contributed by atoms with Crippen LogP contribution in [0.1, 0.15) is 26.7 Å². The highest BCUT2D eigenvalue weighted by molar-refractivity contribution is 5.91. The SMILES string of the molecule is CC1CN(C(=O)C2CCC(=O)N2)C(C)CN1. The summed E-state index contributed by atoms with van der Waals surface area (Å²) in [6.07, 6.45) is 1.12. The van der Waals surface area contributed by atoms with Gasteiger partial charge in [-0.2, -0.15) is 0 Å². The number of hydrogen-bond donors (Lipinski definition) is 2. The molecule has 90 valence electrons. The van der Waals surface area contributed by atoms with Crippen LogP contribution in [0.5, 0.6) is 0 Å². The second kappa shape index (κ2) is 4.41. The topological polar surface area (TPSA) is 61.4 Å². The molecule has 2 aliphatic rings. The van der Waals surface area contributed by atoms with Gasteiger partial charge in [0, 0.05) is 31.6 Å². The number of carbonyl (C=O) groups is 2. The fourth-order valence-corrected chi connectivity index (χ4v) is 2.33. The molecule has 0 aromatic heterocycles. The van der Waals surface area contributed by atoms with Crippen molar-refractivity contribution in [2.75, 3.05) is 13.1 Å². The van der Waals surface area contributed by atoms with Gasteiger partial charge in [0.2, 0.25) is 11.8 Å². The fourth-order valence-electron chi connectivity index (χ4n) is 2.33. The van der Waals surface area contributed by atoms with Gasteiger partial charge in [0.1, 0.15) is 6.04 Å². The first-order valence-corrected chi connectivity index (χ1v) is 5.91. The Morgan fingerprint density at radius 2 is 2.19 bits per heavy atom. The summed E-state index contributed by atoms with van der Waals surface area (Å²) >= 11 is 0. The number of piperazine rings is 1. The Morgan fingerprint density at radius 1 is 1.44 bits per heavy atom. The molecule has 0 radical (unpaired) electrons. The van der Waals surface area contributed by atoms with Crippen molar-refractivity contribution in [2.45, 2.75) is 44.8 Å². The minimum Gasteiger partial charge on any atom is -0.344 e. The minimum absolute atomic E-state index is 0.00538. The van der Waals surface area contributed by atoms with E-state index in [1.54, 1.807) is 0 Å². The number of nitrogens with one attached hydrogen (secondary N) is 2. The van der Waals surface area contributed by atoms with Crippen LogP contribution in [0.3, 0.4) is 0 Å². The summed E-state index contributed by atoms with van der Waals surface area (Å²) in [7, 11) is 0. The average Bonchev–Trinajstić information content (AvgIpc) is 2.67. The van der Waals surface area contributed by atoms with Gasteiger partial charge in [0.05, 0.1) is 0 Å². The predicted molar refractivity (Wildman–Crippen MR) is 59.8 cm³/mol. The van der Waals surface area contributed by atoms with E-state index in [1.807, 2.05) is 11.8 Å². The molecule has 16 heavy (non-hydrogen) atoms. The summed E-state index contributed by atoms with van der Waals surface area (Å²) in [6, 6.07) is 0.249. The van der Waals surface area contributed by atoms with Crippen LogP contribution in [0.25, 0.3) is 0 Å². The quantitative estimate of drug-likeness (QED) is 0.631. The van der Waals surface area contributed by atoms with Gasteiger partial charge in [0.15, 0.2) is 0 Å². The van der Waals surface area contributed by atoms with Crippen LogP contribution in [0.4, 0.5) is 0 Å². The third-order valence-electron chi connectivity index (χ3n) is 3.34. The van der Waals surface area contributed by atoms with Crippen LogP contribution in [0.15, 0.2) is 0 Å². The molecule has 0 saturated carbocycles. The molecule has 2 amide bonds. The first-order valence-electron chi connectivity index (χ1n) is 5.91. The summed E-state index contributed by atoms with van der Waals surface area (Å²) in [4.78, 5) is 25.2. The first-order chi connectivity index (χ1) is 7.58. The Hall–Kier alpha value is -1.10. The van der Waals surface area contributed by atoms with E-state index in [4.69, 9.17) is 0 Å². The molecule has 0 aromatic carbocycles. The third kappa shape index (κ3) is 2.19. The van der Waals surface area contributed by atoms with Gasteiger partial charge in [-0.1, -0.05) is 0 Å². The van der Waals surface area contributed by atoms with Crippen molar-refractivity contribution in [3.63, 3.8) is 0 Å². The Morgan fingerprint density at radius 3 is 2.81 bits per heavy atom. The number of carbonyl (C=O) groups excluding carboxylic acids is 2. The van der Waals surface area contributed by atoms with E-state index in [2.05, 4.69) is 17.6 Å². The molecule has 2 fully saturated rings. The van der Waals surface area contributed by atoms with E-state index >= 15 is 0 Å². The monoisotopic (exact) mass is 225 g/mol. The minimum atomic E-state index is -0.291. The number of hydrogen-bond acceptors (Lipinski definition) is 3. The van der Waals surface area contributed by atoms with E-state index in [1.165, 1.54) is 0 Å². The van der Waals surface area contributed by atoms with Crippen LogP contribution in [-0.2, 0) is 9.59 Å². The maximum atomic E-state index is 12.2. The van der Waals surface area contributed by atoms with Crippen molar-refractivity contribution in [3.8, 4) is 0 Å². The lowest BCUT2D eigenvalue weighted by molar-refractivity contribution is -0.137. The molecule has 2 rings (SSSR count). The van der Waals surface area contributed by atoms with Gasteiger partial charge in [-0.3, -0.25) is 9.59 Å². The summed E-state index contributed by atoms with van der Waals surface area (Å²) in [6.45, 7) is 5.66. The number of rotatable bonds is 1. The Labute approximate surface area is 95.6 Å². The molecule has 5 heteroatoms. The molecule has 3 unspecified atom stereocenters. The molecule has 0 bridgehead atoms. The van der Waals surface area contributed by atoms with Gasteiger partial charge in [-0.15, -0.1) is 0 Å². The van der Waals surface area contributed by atoms with Gasteiger partial charge >= 0.3 is 0 Å². The fraction of sp³-hybridized carbons (Fsp3) is 0.818. The molecule has 0 spiro atoms. The zero-order valence-electron chi connectivity index (χ0n) is 9.82.